The first-order valence-corrected chi connectivity index (χ1v) is 7.03. The minimum absolute atomic E-state index is 0.00515. The van der Waals surface area contributed by atoms with Crippen molar-refractivity contribution in [2.45, 2.75) is 13.5 Å². The van der Waals surface area contributed by atoms with Crippen molar-refractivity contribution in [1.29, 1.82) is 0 Å². The molecule has 0 aliphatic heterocycles. The van der Waals surface area contributed by atoms with Gasteiger partial charge in [0.15, 0.2) is 9.84 Å². The molecule has 1 aromatic carbocycles. The van der Waals surface area contributed by atoms with Crippen molar-refractivity contribution in [2.75, 3.05) is 18.1 Å². The molecule has 0 fully saturated rings. The second-order valence-electron chi connectivity index (χ2n) is 3.49. The third-order valence-corrected chi connectivity index (χ3v) is 3.95. The van der Waals surface area contributed by atoms with E-state index in [0.29, 0.717) is 11.3 Å². The zero-order valence-corrected chi connectivity index (χ0v) is 10.3. The maximum atomic E-state index is 12.8. The number of hydrogen-bond donors (Lipinski definition) is 1. The van der Waals surface area contributed by atoms with Crippen LogP contribution in [0.4, 0.5) is 4.39 Å². The van der Waals surface area contributed by atoms with Crippen LogP contribution in [0.15, 0.2) is 18.2 Å². The number of halogens is 1. The zero-order chi connectivity index (χ0) is 12.9. The lowest BCUT2D eigenvalue weighted by atomic mass is 10.2. The van der Waals surface area contributed by atoms with E-state index in [2.05, 4.69) is 0 Å². The van der Waals surface area contributed by atoms with E-state index >= 15 is 0 Å². The van der Waals surface area contributed by atoms with E-state index in [0.717, 1.165) is 6.07 Å². The Kier molecular flexibility index (Phi) is 4.89. The Hall–Kier alpha value is -1.14. The molecule has 1 aromatic rings. The van der Waals surface area contributed by atoms with Gasteiger partial charge >= 0.3 is 0 Å². The first-order chi connectivity index (χ1) is 7.98. The standard InChI is InChI=1S/C11H15FO4S/c1-2-17(14,15)6-5-16-11-4-3-10(12)7-9(11)8-13/h3-4,7,13H,2,5-6,8H2,1H3. The van der Waals surface area contributed by atoms with E-state index in [1.54, 1.807) is 6.92 Å². The van der Waals surface area contributed by atoms with Gasteiger partial charge in [0, 0.05) is 11.3 Å². The van der Waals surface area contributed by atoms with Gasteiger partial charge in [-0.15, -0.1) is 0 Å². The number of hydrogen-bond acceptors (Lipinski definition) is 4. The lowest BCUT2D eigenvalue weighted by molar-refractivity contribution is 0.266. The van der Waals surface area contributed by atoms with Crippen molar-refractivity contribution < 1.29 is 22.7 Å². The van der Waals surface area contributed by atoms with Crippen LogP contribution in [0.1, 0.15) is 12.5 Å². The second kappa shape index (κ2) is 5.97. The average Bonchev–Trinajstić information content (AvgIpc) is 2.30. The first-order valence-electron chi connectivity index (χ1n) is 5.21. The van der Waals surface area contributed by atoms with Crippen LogP contribution in [-0.2, 0) is 16.4 Å². The van der Waals surface area contributed by atoms with Crippen molar-refractivity contribution in [3.63, 3.8) is 0 Å². The molecule has 0 saturated carbocycles. The Morgan fingerprint density at radius 3 is 2.71 bits per heavy atom. The van der Waals surface area contributed by atoms with Crippen molar-refractivity contribution in [1.82, 2.24) is 0 Å². The fourth-order valence-corrected chi connectivity index (χ4v) is 1.86. The maximum Gasteiger partial charge on any atom is 0.153 e. The second-order valence-corrected chi connectivity index (χ2v) is 5.97. The average molecular weight is 262 g/mol. The summed E-state index contributed by atoms with van der Waals surface area (Å²) in [6, 6.07) is 3.73. The molecule has 17 heavy (non-hydrogen) atoms. The van der Waals surface area contributed by atoms with Gasteiger partial charge in [-0.2, -0.15) is 0 Å². The molecule has 0 atom stereocenters. The SMILES string of the molecule is CCS(=O)(=O)CCOc1ccc(F)cc1CO. The molecule has 0 aliphatic rings. The minimum atomic E-state index is -3.08. The van der Waals surface area contributed by atoms with Gasteiger partial charge in [0.05, 0.1) is 12.4 Å². The monoisotopic (exact) mass is 262 g/mol. The lowest BCUT2D eigenvalue weighted by Crippen LogP contribution is -2.16. The van der Waals surface area contributed by atoms with Crippen LogP contribution in [0, 0.1) is 5.82 Å². The number of rotatable bonds is 6. The van der Waals surface area contributed by atoms with Gasteiger partial charge in [-0.1, -0.05) is 6.92 Å². The van der Waals surface area contributed by atoms with E-state index in [1.807, 2.05) is 0 Å². The molecular weight excluding hydrogens is 247 g/mol. The van der Waals surface area contributed by atoms with Gasteiger partial charge in [0.1, 0.15) is 18.2 Å². The molecule has 0 unspecified atom stereocenters. The third kappa shape index (κ3) is 4.32. The third-order valence-electron chi connectivity index (χ3n) is 2.28. The molecule has 0 aromatic heterocycles. The molecular formula is C11H15FO4S. The Balaban J connectivity index is 2.64. The van der Waals surface area contributed by atoms with Crippen molar-refractivity contribution in [2.24, 2.45) is 0 Å². The Morgan fingerprint density at radius 1 is 1.41 bits per heavy atom. The summed E-state index contributed by atoms with van der Waals surface area (Å²) in [6.45, 7) is 1.20. The van der Waals surface area contributed by atoms with E-state index < -0.39 is 15.7 Å². The van der Waals surface area contributed by atoms with Crippen LogP contribution in [0.2, 0.25) is 0 Å². The summed E-state index contributed by atoms with van der Waals surface area (Å²) >= 11 is 0. The van der Waals surface area contributed by atoms with Crippen LogP contribution < -0.4 is 4.74 Å². The molecule has 0 bridgehead atoms. The Bertz CT molecular complexity index is 470. The molecule has 1 rings (SSSR count). The molecule has 0 radical (unpaired) electrons. The van der Waals surface area contributed by atoms with Crippen LogP contribution in [-0.4, -0.2) is 31.6 Å². The molecule has 0 aliphatic carbocycles. The van der Waals surface area contributed by atoms with E-state index in [9.17, 15) is 12.8 Å². The summed E-state index contributed by atoms with van der Waals surface area (Å²) in [6.07, 6.45) is 0. The minimum Gasteiger partial charge on any atom is -0.492 e. The Morgan fingerprint density at radius 2 is 2.12 bits per heavy atom. The molecule has 6 heteroatoms. The number of aliphatic hydroxyl groups excluding tert-OH is 1. The maximum absolute atomic E-state index is 12.8. The quantitative estimate of drug-likeness (QED) is 0.834. The van der Waals surface area contributed by atoms with Crippen LogP contribution in [0.3, 0.4) is 0 Å². The summed E-state index contributed by atoms with van der Waals surface area (Å²) in [5, 5.41) is 8.98. The van der Waals surface area contributed by atoms with Crippen molar-refractivity contribution >= 4 is 9.84 Å². The highest BCUT2D eigenvalue weighted by Gasteiger charge is 2.09. The molecule has 0 amide bonds. The van der Waals surface area contributed by atoms with E-state index in [4.69, 9.17) is 9.84 Å². The van der Waals surface area contributed by atoms with Crippen LogP contribution in [0.25, 0.3) is 0 Å². The summed E-state index contributed by atoms with van der Waals surface area (Å²) < 4.78 is 40.5. The highest BCUT2D eigenvalue weighted by molar-refractivity contribution is 7.91. The van der Waals surface area contributed by atoms with Gasteiger partial charge in [0.25, 0.3) is 0 Å². The smallest absolute Gasteiger partial charge is 0.153 e. The number of ether oxygens (including phenoxy) is 1. The Labute approximate surface area is 100.0 Å². The lowest BCUT2D eigenvalue weighted by Gasteiger charge is -2.09. The number of sulfone groups is 1. The summed E-state index contributed by atoms with van der Waals surface area (Å²) in [4.78, 5) is 0. The molecule has 4 nitrogen and oxygen atoms in total. The van der Waals surface area contributed by atoms with Gasteiger partial charge in [0.2, 0.25) is 0 Å². The van der Waals surface area contributed by atoms with Crippen molar-refractivity contribution in [3.8, 4) is 5.75 Å². The molecule has 0 heterocycles. The van der Waals surface area contributed by atoms with Gasteiger partial charge < -0.3 is 9.84 Å². The van der Waals surface area contributed by atoms with Gasteiger partial charge in [-0.3, -0.25) is 0 Å². The molecule has 1 N–H and O–H groups in total. The van der Waals surface area contributed by atoms with E-state index in [1.165, 1.54) is 12.1 Å². The molecule has 0 saturated heterocycles. The summed E-state index contributed by atoms with van der Waals surface area (Å²) in [5.74, 6) is -0.193. The van der Waals surface area contributed by atoms with Crippen molar-refractivity contribution in [3.05, 3.63) is 29.6 Å². The predicted molar refractivity (Wildman–Crippen MR) is 62.1 cm³/mol. The van der Waals surface area contributed by atoms with Gasteiger partial charge in [-0.25, -0.2) is 12.8 Å². The topological polar surface area (TPSA) is 63.6 Å². The molecule has 0 spiro atoms. The highest BCUT2D eigenvalue weighted by Crippen LogP contribution is 2.19. The first kappa shape index (κ1) is 13.9. The van der Waals surface area contributed by atoms with Crippen LogP contribution >= 0.6 is 0 Å². The highest BCUT2D eigenvalue weighted by atomic mass is 32.2. The summed E-state index contributed by atoms with van der Waals surface area (Å²) in [7, 11) is -3.08. The predicted octanol–water partition coefficient (Wildman–Crippen LogP) is 1.13. The van der Waals surface area contributed by atoms with Crippen LogP contribution in [0.5, 0.6) is 5.75 Å². The largest absolute Gasteiger partial charge is 0.492 e. The fourth-order valence-electron chi connectivity index (χ4n) is 1.24. The van der Waals surface area contributed by atoms with Gasteiger partial charge in [-0.05, 0) is 18.2 Å². The zero-order valence-electron chi connectivity index (χ0n) is 9.52. The number of aliphatic hydroxyl groups is 1. The number of benzene rings is 1. The molecule has 96 valence electrons. The fraction of sp³-hybridized carbons (Fsp3) is 0.455. The summed E-state index contributed by atoms with van der Waals surface area (Å²) in [5.41, 5.74) is 0.305. The van der Waals surface area contributed by atoms with E-state index in [-0.39, 0.29) is 24.7 Å². The normalized spacial score (nSPS) is 11.5.